The second kappa shape index (κ2) is 19.2. The quantitative estimate of drug-likeness (QED) is 0.263. The molecule has 0 bridgehead atoms. The predicted octanol–water partition coefficient (Wildman–Crippen LogP) is 4.16. The molecule has 0 saturated heterocycles. The van der Waals surface area contributed by atoms with Gasteiger partial charge in [-0.25, -0.2) is 9.59 Å². The van der Waals surface area contributed by atoms with Crippen LogP contribution in [0.3, 0.4) is 0 Å². The molecule has 44 heavy (non-hydrogen) atoms. The van der Waals surface area contributed by atoms with E-state index in [0.717, 1.165) is 38.0 Å². The smallest absolute Gasteiger partial charge is 0.414 e. The summed E-state index contributed by atoms with van der Waals surface area (Å²) in [7, 11) is 0. The van der Waals surface area contributed by atoms with Crippen LogP contribution in [0.15, 0.2) is 84.9 Å². The second-order valence-corrected chi connectivity index (χ2v) is 9.94. The van der Waals surface area contributed by atoms with Crippen molar-refractivity contribution < 1.29 is 29.4 Å². The molecule has 0 atom stereocenters. The number of carboxylic acids is 2. The van der Waals surface area contributed by atoms with Gasteiger partial charge in [0.15, 0.2) is 0 Å². The van der Waals surface area contributed by atoms with Crippen molar-refractivity contribution in [3.63, 3.8) is 0 Å². The average molecular weight is 601 g/mol. The third-order valence-corrected chi connectivity index (χ3v) is 6.94. The van der Waals surface area contributed by atoms with Crippen molar-refractivity contribution in [2.24, 2.45) is 0 Å². The predicted molar refractivity (Wildman–Crippen MR) is 167 cm³/mol. The van der Waals surface area contributed by atoms with Crippen LogP contribution in [-0.4, -0.2) is 87.9 Å². The highest BCUT2D eigenvalue weighted by Crippen LogP contribution is 2.12. The maximum absolute atomic E-state index is 13.7. The summed E-state index contributed by atoms with van der Waals surface area (Å²) in [5.41, 5.74) is 3.21. The zero-order chi connectivity index (χ0) is 32.3. The minimum atomic E-state index is -1.82. The summed E-state index contributed by atoms with van der Waals surface area (Å²) in [6.07, 6.45) is 1.52. The molecule has 0 aliphatic heterocycles. The fraction of sp³-hybridized carbons (Fsp3) is 0.324. The van der Waals surface area contributed by atoms with Crippen LogP contribution in [0.4, 0.5) is 0 Å². The van der Waals surface area contributed by atoms with Crippen molar-refractivity contribution in [3.05, 3.63) is 107 Å². The Morgan fingerprint density at radius 3 is 1.75 bits per heavy atom. The summed E-state index contributed by atoms with van der Waals surface area (Å²) < 4.78 is 0. The minimum Gasteiger partial charge on any atom is -0.473 e. The van der Waals surface area contributed by atoms with E-state index in [1.165, 1.54) is 5.56 Å². The molecule has 10 nitrogen and oxygen atoms in total. The highest BCUT2D eigenvalue weighted by atomic mass is 16.4. The van der Waals surface area contributed by atoms with Crippen molar-refractivity contribution in [1.29, 1.82) is 5.26 Å². The van der Waals surface area contributed by atoms with E-state index in [-0.39, 0.29) is 18.4 Å². The molecule has 3 aromatic carbocycles. The largest absolute Gasteiger partial charge is 0.473 e. The highest BCUT2D eigenvalue weighted by Gasteiger charge is 2.23. The normalized spacial score (nSPS) is 10.2. The fourth-order valence-electron chi connectivity index (χ4n) is 4.42. The number of hydrogen-bond donors (Lipinski definition) is 2. The van der Waals surface area contributed by atoms with Crippen LogP contribution in [0, 0.1) is 11.3 Å². The van der Waals surface area contributed by atoms with Gasteiger partial charge in [-0.1, -0.05) is 74.5 Å². The van der Waals surface area contributed by atoms with E-state index in [1.54, 1.807) is 29.2 Å². The third-order valence-electron chi connectivity index (χ3n) is 6.94. The second-order valence-electron chi connectivity index (χ2n) is 9.94. The van der Waals surface area contributed by atoms with E-state index in [0.29, 0.717) is 30.8 Å². The molecule has 0 saturated carbocycles. The molecule has 232 valence electrons. The molecule has 10 heteroatoms. The van der Waals surface area contributed by atoms with E-state index in [9.17, 15) is 9.59 Å². The molecule has 0 aliphatic carbocycles. The topological polar surface area (TPSA) is 142 Å². The summed E-state index contributed by atoms with van der Waals surface area (Å²) in [5, 5.41) is 23.9. The molecule has 0 spiro atoms. The van der Waals surface area contributed by atoms with Crippen molar-refractivity contribution >= 4 is 23.8 Å². The Kier molecular flexibility index (Phi) is 15.4. The molecule has 0 aromatic heterocycles. The maximum atomic E-state index is 13.7. The number of aliphatic carboxylic acids is 2. The first-order valence-corrected chi connectivity index (χ1v) is 14.5. The molecule has 0 fully saturated rings. The monoisotopic (exact) mass is 600 g/mol. The van der Waals surface area contributed by atoms with Gasteiger partial charge in [-0.15, -0.1) is 0 Å². The number of carbonyl (C=O) groups excluding carboxylic acids is 2. The Morgan fingerprint density at radius 1 is 0.705 bits per heavy atom. The molecule has 0 heterocycles. The molecule has 2 N–H and O–H groups in total. The molecule has 0 radical (unpaired) electrons. The number of rotatable bonds is 14. The van der Waals surface area contributed by atoms with Gasteiger partial charge in [0.25, 0.3) is 5.91 Å². The molecule has 0 aliphatic rings. The van der Waals surface area contributed by atoms with Gasteiger partial charge in [-0.3, -0.25) is 9.59 Å². The number of nitrogens with zero attached hydrogens (tertiary/aromatic N) is 4. The highest BCUT2D eigenvalue weighted by molar-refractivity contribution is 6.27. The van der Waals surface area contributed by atoms with E-state index >= 15 is 0 Å². The van der Waals surface area contributed by atoms with Crippen LogP contribution in [0.1, 0.15) is 47.3 Å². The number of nitriles is 1. The summed E-state index contributed by atoms with van der Waals surface area (Å²) >= 11 is 0. The van der Waals surface area contributed by atoms with Crippen molar-refractivity contribution in [1.82, 2.24) is 14.7 Å². The summed E-state index contributed by atoms with van der Waals surface area (Å²) in [4.78, 5) is 51.2. The van der Waals surface area contributed by atoms with E-state index in [4.69, 9.17) is 25.1 Å². The Bertz CT molecular complexity index is 1360. The van der Waals surface area contributed by atoms with Gasteiger partial charge < -0.3 is 24.9 Å². The lowest BCUT2D eigenvalue weighted by molar-refractivity contribution is -0.159. The molecule has 3 aromatic rings. The van der Waals surface area contributed by atoms with Crippen LogP contribution in [0.5, 0.6) is 0 Å². The molecule has 0 unspecified atom stereocenters. The summed E-state index contributed by atoms with van der Waals surface area (Å²) in [6.45, 7) is 8.56. The standard InChI is InChI=1S/C32H38N4O2.C2H2O4/c1-3-34(4-2)21-11-22-36(32(38)30-18-16-28(24-33)17-19-30)26-31(37)35(25-29-14-9-6-10-15-29)23-20-27-12-7-5-8-13-27;3-1(4)2(5)6/h5-10,12-19H,3-4,11,20-23,25-26H2,1-2H3;(H,3,4)(H,5,6). The van der Waals surface area contributed by atoms with E-state index in [2.05, 4.69) is 36.9 Å². The van der Waals surface area contributed by atoms with Crippen molar-refractivity contribution in [2.75, 3.05) is 39.3 Å². The van der Waals surface area contributed by atoms with E-state index < -0.39 is 11.9 Å². The number of benzene rings is 3. The van der Waals surface area contributed by atoms with E-state index in [1.807, 2.05) is 53.4 Å². The zero-order valence-corrected chi connectivity index (χ0v) is 25.3. The first-order valence-electron chi connectivity index (χ1n) is 14.5. The van der Waals surface area contributed by atoms with Crippen molar-refractivity contribution in [2.45, 2.75) is 33.2 Å². The minimum absolute atomic E-state index is 0.0126. The van der Waals surface area contributed by atoms with Gasteiger partial charge >= 0.3 is 11.9 Å². The Morgan fingerprint density at radius 2 is 1.25 bits per heavy atom. The zero-order valence-electron chi connectivity index (χ0n) is 25.3. The van der Waals surface area contributed by atoms with Crippen LogP contribution in [0.2, 0.25) is 0 Å². The molecular weight excluding hydrogens is 560 g/mol. The van der Waals surface area contributed by atoms with Gasteiger partial charge in [-0.2, -0.15) is 5.26 Å². The van der Waals surface area contributed by atoms with Gasteiger partial charge in [-0.05, 0) is 67.9 Å². The first kappa shape index (κ1) is 35.2. The number of hydrogen-bond acceptors (Lipinski definition) is 6. The van der Waals surface area contributed by atoms with Crippen LogP contribution < -0.4 is 0 Å². The van der Waals surface area contributed by atoms with Crippen LogP contribution >= 0.6 is 0 Å². The molecular formula is C34H40N4O6. The number of amides is 2. The summed E-state index contributed by atoms with van der Waals surface area (Å²) in [6, 6.07) is 28.8. The number of carbonyl (C=O) groups is 4. The number of carboxylic acid groups (broad SMARTS) is 2. The lowest BCUT2D eigenvalue weighted by Crippen LogP contribution is -2.44. The first-order chi connectivity index (χ1) is 21.2. The van der Waals surface area contributed by atoms with Crippen molar-refractivity contribution in [3.8, 4) is 6.07 Å². The Labute approximate surface area is 258 Å². The Hall–Kier alpha value is -5.01. The van der Waals surface area contributed by atoms with Crippen LogP contribution in [-0.2, 0) is 27.3 Å². The van der Waals surface area contributed by atoms with Gasteiger partial charge in [0.1, 0.15) is 6.54 Å². The van der Waals surface area contributed by atoms with Gasteiger partial charge in [0, 0.05) is 25.2 Å². The SMILES string of the molecule is CCN(CC)CCCN(CC(=O)N(CCc1ccccc1)Cc1ccccc1)C(=O)c1ccc(C#N)cc1.O=C(O)C(=O)O. The van der Waals surface area contributed by atoms with Gasteiger partial charge in [0.05, 0.1) is 11.6 Å². The summed E-state index contributed by atoms with van der Waals surface area (Å²) in [5.74, 6) is -3.91. The average Bonchev–Trinajstić information content (AvgIpc) is 3.05. The Balaban J connectivity index is 0.00000102. The van der Waals surface area contributed by atoms with Gasteiger partial charge in [0.2, 0.25) is 5.91 Å². The van der Waals surface area contributed by atoms with Crippen LogP contribution in [0.25, 0.3) is 0 Å². The lowest BCUT2D eigenvalue weighted by atomic mass is 10.1. The lowest BCUT2D eigenvalue weighted by Gasteiger charge is -2.29. The third kappa shape index (κ3) is 12.5. The molecule has 2 amide bonds. The maximum Gasteiger partial charge on any atom is 0.414 e. The fourth-order valence-corrected chi connectivity index (χ4v) is 4.42. The molecule has 3 rings (SSSR count).